The molecule has 0 unspecified atom stereocenters. The Morgan fingerprint density at radius 3 is 2.64 bits per heavy atom. The summed E-state index contributed by atoms with van der Waals surface area (Å²) in [6, 6.07) is 4.95. The van der Waals surface area contributed by atoms with Crippen LogP contribution in [0.5, 0.6) is 0 Å². The topological polar surface area (TPSA) is 92.5 Å². The van der Waals surface area contributed by atoms with Gasteiger partial charge in [-0.2, -0.15) is 4.31 Å². The second kappa shape index (κ2) is 8.84. The highest BCUT2D eigenvalue weighted by Crippen LogP contribution is 2.29. The summed E-state index contributed by atoms with van der Waals surface area (Å²) in [5, 5.41) is 3.10. The van der Waals surface area contributed by atoms with E-state index in [1.807, 2.05) is 20.8 Å². The number of aromatic nitrogens is 1. The third-order valence-corrected chi connectivity index (χ3v) is 8.02. The zero-order valence-corrected chi connectivity index (χ0v) is 18.1. The highest BCUT2D eigenvalue weighted by Gasteiger charge is 2.25. The first-order valence-corrected chi connectivity index (χ1v) is 12.0. The Hall–Kier alpha value is -1.58. The highest BCUT2D eigenvalue weighted by molar-refractivity contribution is 8.00. The van der Waals surface area contributed by atoms with Gasteiger partial charge in [-0.1, -0.05) is 38.5 Å². The lowest BCUT2D eigenvalue weighted by Gasteiger charge is -2.18. The normalized spacial score (nSPS) is 16.7. The molecule has 7 nitrogen and oxygen atoms in total. The van der Waals surface area contributed by atoms with Crippen LogP contribution < -0.4 is 5.32 Å². The average molecular weight is 426 g/mol. The van der Waals surface area contributed by atoms with E-state index >= 15 is 0 Å². The summed E-state index contributed by atoms with van der Waals surface area (Å²) in [5.41, 5.74) is 0.975. The highest BCUT2D eigenvalue weighted by atomic mass is 32.2. The van der Waals surface area contributed by atoms with Gasteiger partial charge >= 0.3 is 0 Å². The summed E-state index contributed by atoms with van der Waals surface area (Å²) in [4.78, 5) is 16.9. The standard InChI is InChI=1S/C19H27N3O4S2/c1-4-22(5-2)28(24,25)15-10-11-17-16(12-15)21-19(26-17)27-13(3)18(23)20-14-8-6-7-9-14/h10-14H,4-9H2,1-3H3,(H,20,23)/t13-/m1/s1. The molecule has 1 aliphatic carbocycles. The van der Waals surface area contributed by atoms with Crippen molar-refractivity contribution >= 4 is 38.8 Å². The maximum atomic E-state index is 12.7. The summed E-state index contributed by atoms with van der Waals surface area (Å²) in [6.45, 7) is 6.25. The van der Waals surface area contributed by atoms with Crippen molar-refractivity contribution in [3.8, 4) is 0 Å². The third kappa shape index (κ3) is 4.52. The lowest BCUT2D eigenvalue weighted by atomic mass is 10.2. The lowest BCUT2D eigenvalue weighted by Crippen LogP contribution is -2.37. The van der Waals surface area contributed by atoms with Crippen LogP contribution in [0.2, 0.25) is 0 Å². The molecule has 9 heteroatoms. The van der Waals surface area contributed by atoms with Crippen LogP contribution in [0.1, 0.15) is 46.5 Å². The Morgan fingerprint density at radius 2 is 2.00 bits per heavy atom. The first-order chi connectivity index (χ1) is 13.3. The number of amides is 1. The summed E-state index contributed by atoms with van der Waals surface area (Å²) in [5.74, 6) is -0.0241. The molecular formula is C19H27N3O4S2. The van der Waals surface area contributed by atoms with Gasteiger partial charge in [0.05, 0.1) is 10.1 Å². The molecule has 0 spiro atoms. The predicted molar refractivity (Wildman–Crippen MR) is 110 cm³/mol. The van der Waals surface area contributed by atoms with Gasteiger partial charge in [-0.15, -0.1) is 0 Å². The molecule has 0 saturated heterocycles. The van der Waals surface area contributed by atoms with Gasteiger partial charge in [0.1, 0.15) is 5.52 Å². The fourth-order valence-electron chi connectivity index (χ4n) is 3.40. The number of hydrogen-bond donors (Lipinski definition) is 1. The Bertz CT molecular complexity index is 932. The molecule has 1 aromatic heterocycles. The molecule has 0 radical (unpaired) electrons. The van der Waals surface area contributed by atoms with Gasteiger partial charge < -0.3 is 9.73 Å². The van der Waals surface area contributed by atoms with Crippen molar-refractivity contribution in [3.63, 3.8) is 0 Å². The van der Waals surface area contributed by atoms with Gasteiger partial charge in [0.2, 0.25) is 15.9 Å². The fourth-order valence-corrected chi connectivity index (χ4v) is 5.65. The van der Waals surface area contributed by atoms with E-state index in [1.54, 1.807) is 6.07 Å². The molecule has 1 aromatic carbocycles. The molecule has 0 bridgehead atoms. The zero-order chi connectivity index (χ0) is 20.3. The molecular weight excluding hydrogens is 398 g/mol. The number of rotatable bonds is 8. The smallest absolute Gasteiger partial charge is 0.257 e. The second-order valence-electron chi connectivity index (χ2n) is 6.95. The SMILES string of the molecule is CCN(CC)S(=O)(=O)c1ccc2oc(S[C@H](C)C(=O)NC3CCCC3)nc2c1. The summed E-state index contributed by atoms with van der Waals surface area (Å²) < 4.78 is 32.5. The number of thioether (sulfide) groups is 1. The van der Waals surface area contributed by atoms with Crippen LogP contribution >= 0.6 is 11.8 Å². The van der Waals surface area contributed by atoms with Crippen molar-refractivity contribution < 1.29 is 17.6 Å². The number of nitrogens with one attached hydrogen (secondary N) is 1. The number of sulfonamides is 1. The number of fused-ring (bicyclic) bond motifs is 1. The van der Waals surface area contributed by atoms with Crippen molar-refractivity contribution in [2.24, 2.45) is 0 Å². The van der Waals surface area contributed by atoms with Crippen LogP contribution in [0.3, 0.4) is 0 Å². The van der Waals surface area contributed by atoms with E-state index in [0.29, 0.717) is 29.4 Å². The Kier molecular flexibility index (Phi) is 6.67. The van der Waals surface area contributed by atoms with Crippen molar-refractivity contribution in [1.29, 1.82) is 0 Å². The molecule has 1 saturated carbocycles. The molecule has 28 heavy (non-hydrogen) atoms. The van der Waals surface area contributed by atoms with Gasteiger partial charge in [-0.3, -0.25) is 4.79 Å². The monoisotopic (exact) mass is 425 g/mol. The first kappa shape index (κ1) is 21.1. The fraction of sp³-hybridized carbons (Fsp3) is 0.579. The van der Waals surface area contributed by atoms with Crippen molar-refractivity contribution in [1.82, 2.24) is 14.6 Å². The van der Waals surface area contributed by atoms with Crippen molar-refractivity contribution in [3.05, 3.63) is 18.2 Å². The molecule has 1 atom stereocenters. The van der Waals surface area contributed by atoms with Crippen LogP contribution in [-0.4, -0.2) is 48.0 Å². The summed E-state index contributed by atoms with van der Waals surface area (Å²) in [6.07, 6.45) is 4.40. The van der Waals surface area contributed by atoms with E-state index in [2.05, 4.69) is 10.3 Å². The van der Waals surface area contributed by atoms with E-state index in [0.717, 1.165) is 25.7 Å². The zero-order valence-electron chi connectivity index (χ0n) is 16.5. The predicted octanol–water partition coefficient (Wildman–Crippen LogP) is 3.40. The number of oxazole rings is 1. The molecule has 1 aliphatic rings. The van der Waals surface area contributed by atoms with Gasteiger partial charge in [-0.05, 0) is 38.0 Å². The Balaban J connectivity index is 1.74. The van der Waals surface area contributed by atoms with Crippen molar-refractivity contribution in [2.75, 3.05) is 13.1 Å². The molecule has 1 N–H and O–H groups in total. The second-order valence-corrected chi connectivity index (χ2v) is 10.2. The third-order valence-electron chi connectivity index (χ3n) is 5.03. The average Bonchev–Trinajstić information content (AvgIpc) is 3.30. The van der Waals surface area contributed by atoms with Crippen LogP contribution in [0, 0.1) is 0 Å². The van der Waals surface area contributed by atoms with Gasteiger partial charge in [0.15, 0.2) is 5.58 Å². The van der Waals surface area contributed by atoms with E-state index in [9.17, 15) is 13.2 Å². The maximum absolute atomic E-state index is 12.7. The molecule has 1 heterocycles. The number of hydrogen-bond acceptors (Lipinski definition) is 6. The van der Waals surface area contributed by atoms with Gasteiger partial charge in [0.25, 0.3) is 5.22 Å². The quantitative estimate of drug-likeness (QED) is 0.652. The molecule has 1 fully saturated rings. The van der Waals surface area contributed by atoms with Crippen LogP contribution in [0.4, 0.5) is 0 Å². The molecule has 2 aromatic rings. The van der Waals surface area contributed by atoms with Crippen LogP contribution in [0.15, 0.2) is 32.7 Å². The van der Waals surface area contributed by atoms with E-state index in [4.69, 9.17) is 4.42 Å². The summed E-state index contributed by atoms with van der Waals surface area (Å²) in [7, 11) is -3.55. The van der Waals surface area contributed by atoms with E-state index < -0.39 is 10.0 Å². The largest absolute Gasteiger partial charge is 0.431 e. The number of carbonyl (C=O) groups is 1. The minimum Gasteiger partial charge on any atom is -0.431 e. The minimum absolute atomic E-state index is 0.0241. The molecule has 154 valence electrons. The van der Waals surface area contributed by atoms with Gasteiger partial charge in [0, 0.05) is 19.1 Å². The number of carbonyl (C=O) groups excluding carboxylic acids is 1. The molecule has 0 aliphatic heterocycles. The summed E-state index contributed by atoms with van der Waals surface area (Å²) >= 11 is 1.24. The van der Waals surface area contributed by atoms with Crippen LogP contribution in [-0.2, 0) is 14.8 Å². The van der Waals surface area contributed by atoms with E-state index in [1.165, 1.54) is 28.2 Å². The van der Waals surface area contributed by atoms with Crippen molar-refractivity contribution in [2.45, 2.75) is 67.9 Å². The van der Waals surface area contributed by atoms with Crippen LogP contribution in [0.25, 0.3) is 11.1 Å². The minimum atomic E-state index is -3.55. The lowest BCUT2D eigenvalue weighted by molar-refractivity contribution is -0.120. The number of benzene rings is 1. The first-order valence-electron chi connectivity index (χ1n) is 9.73. The maximum Gasteiger partial charge on any atom is 0.257 e. The van der Waals surface area contributed by atoms with E-state index in [-0.39, 0.29) is 22.1 Å². The Labute approximate surface area is 170 Å². The Morgan fingerprint density at radius 1 is 1.32 bits per heavy atom. The molecule has 1 amide bonds. The van der Waals surface area contributed by atoms with Gasteiger partial charge in [-0.25, -0.2) is 13.4 Å². The number of nitrogens with zero attached hydrogens (tertiary/aromatic N) is 2. The molecule has 3 rings (SSSR count).